The molecule has 3 heterocycles. The first-order valence-corrected chi connectivity index (χ1v) is 6.61. The molecule has 104 valence electrons. The molecule has 0 bridgehead atoms. The van der Waals surface area contributed by atoms with Crippen LogP contribution in [-0.4, -0.2) is 29.9 Å². The Morgan fingerprint density at radius 1 is 1.24 bits per heavy atom. The van der Waals surface area contributed by atoms with Gasteiger partial charge >= 0.3 is 0 Å². The number of rotatable bonds is 4. The van der Waals surface area contributed by atoms with E-state index in [2.05, 4.69) is 25.2 Å². The molecule has 0 saturated heterocycles. The lowest BCUT2D eigenvalue weighted by molar-refractivity contribution is 0.369. The van der Waals surface area contributed by atoms with E-state index in [0.29, 0.717) is 24.7 Å². The number of nitrogens with zero attached hydrogens (tertiary/aromatic N) is 5. The Balaban J connectivity index is 1.60. The van der Waals surface area contributed by atoms with E-state index < -0.39 is 0 Å². The number of aryl methyl sites for hydroxylation is 2. The van der Waals surface area contributed by atoms with Crippen molar-refractivity contribution in [2.24, 2.45) is 0 Å². The van der Waals surface area contributed by atoms with E-state index in [9.17, 15) is 0 Å². The van der Waals surface area contributed by atoms with Gasteiger partial charge in [0.15, 0.2) is 0 Å². The molecule has 4 rings (SSSR count). The first-order valence-electron chi connectivity index (χ1n) is 6.61. The van der Waals surface area contributed by atoms with E-state index >= 15 is 0 Å². The van der Waals surface area contributed by atoms with Gasteiger partial charge < -0.3 is 9.51 Å². The van der Waals surface area contributed by atoms with E-state index in [-0.39, 0.29) is 0 Å². The van der Waals surface area contributed by atoms with E-state index in [1.165, 1.54) is 6.33 Å². The topological polar surface area (TPSA) is 85.4 Å². The molecule has 0 atom stereocenters. The summed E-state index contributed by atoms with van der Waals surface area (Å²) < 4.78 is 7.04. The number of hydrogen-bond acceptors (Lipinski definition) is 5. The maximum absolute atomic E-state index is 5.31. The number of benzene rings is 1. The van der Waals surface area contributed by atoms with Gasteiger partial charge in [-0.15, -0.1) is 0 Å². The van der Waals surface area contributed by atoms with E-state index in [0.717, 1.165) is 16.5 Å². The maximum Gasteiger partial charge on any atom is 0.228 e. The molecule has 0 amide bonds. The van der Waals surface area contributed by atoms with Crippen LogP contribution in [0.3, 0.4) is 0 Å². The summed E-state index contributed by atoms with van der Waals surface area (Å²) in [5, 5.41) is 9.20. The van der Waals surface area contributed by atoms with Crippen molar-refractivity contribution in [1.29, 1.82) is 0 Å². The van der Waals surface area contributed by atoms with Crippen LogP contribution in [0.25, 0.3) is 22.3 Å². The van der Waals surface area contributed by atoms with Gasteiger partial charge in [0.05, 0.1) is 6.54 Å². The Bertz CT molecular complexity index is 861. The molecular formula is C14H12N6O. The van der Waals surface area contributed by atoms with Crippen LogP contribution in [0.1, 0.15) is 5.89 Å². The molecule has 0 saturated carbocycles. The fraction of sp³-hybridized carbons (Fsp3) is 0.143. The Hall–Kier alpha value is -2.96. The fourth-order valence-corrected chi connectivity index (χ4v) is 2.30. The molecule has 0 fully saturated rings. The summed E-state index contributed by atoms with van der Waals surface area (Å²) in [5.74, 6) is 1.20. The maximum atomic E-state index is 5.31. The second kappa shape index (κ2) is 4.86. The van der Waals surface area contributed by atoms with E-state index in [4.69, 9.17) is 4.52 Å². The highest BCUT2D eigenvalue weighted by molar-refractivity contribution is 5.93. The molecule has 0 aliphatic rings. The van der Waals surface area contributed by atoms with Crippen molar-refractivity contribution in [2.75, 3.05) is 0 Å². The Kier molecular flexibility index (Phi) is 2.74. The quantitative estimate of drug-likeness (QED) is 0.618. The van der Waals surface area contributed by atoms with Gasteiger partial charge in [0.1, 0.15) is 12.7 Å². The summed E-state index contributed by atoms with van der Waals surface area (Å²) in [6, 6.07) is 7.99. The summed E-state index contributed by atoms with van der Waals surface area (Å²) >= 11 is 0. The molecule has 1 N–H and O–H groups in total. The minimum Gasteiger partial charge on any atom is -0.361 e. The minimum atomic E-state index is 0.591. The molecular weight excluding hydrogens is 268 g/mol. The number of nitrogens with one attached hydrogen (secondary N) is 1. The Morgan fingerprint density at radius 2 is 2.24 bits per heavy atom. The zero-order chi connectivity index (χ0) is 14.1. The lowest BCUT2D eigenvalue weighted by atomic mass is 10.1. The second-order valence-corrected chi connectivity index (χ2v) is 4.66. The Morgan fingerprint density at radius 3 is 3.14 bits per heavy atom. The first-order chi connectivity index (χ1) is 10.4. The summed E-state index contributed by atoms with van der Waals surface area (Å²) in [4.78, 5) is 11.5. The average molecular weight is 280 g/mol. The standard InChI is InChI=1S/C14H12N6O/c1-2-11(10-4-6-16-12(10)3-1)14-18-13(21-19-14)5-7-20-9-15-8-17-20/h1-4,6,8-9,16H,5,7H2. The zero-order valence-electron chi connectivity index (χ0n) is 11.1. The molecule has 0 aliphatic carbocycles. The van der Waals surface area contributed by atoms with Gasteiger partial charge in [0, 0.05) is 29.1 Å². The summed E-state index contributed by atoms with van der Waals surface area (Å²) in [6.45, 7) is 0.663. The summed E-state index contributed by atoms with van der Waals surface area (Å²) in [6.07, 6.45) is 5.70. The van der Waals surface area contributed by atoms with Crippen LogP contribution in [0.4, 0.5) is 0 Å². The minimum absolute atomic E-state index is 0.591. The van der Waals surface area contributed by atoms with Crippen molar-refractivity contribution in [3.8, 4) is 11.4 Å². The lowest BCUT2D eigenvalue weighted by Gasteiger charge is -1.97. The van der Waals surface area contributed by atoms with Gasteiger partial charge in [-0.1, -0.05) is 17.3 Å². The summed E-state index contributed by atoms with van der Waals surface area (Å²) in [5.41, 5.74) is 2.02. The number of aromatic amines is 1. The van der Waals surface area contributed by atoms with Crippen LogP contribution in [0, 0.1) is 0 Å². The van der Waals surface area contributed by atoms with Crippen molar-refractivity contribution in [2.45, 2.75) is 13.0 Å². The van der Waals surface area contributed by atoms with Crippen molar-refractivity contribution < 1.29 is 4.52 Å². The number of H-pyrrole nitrogens is 1. The molecule has 0 unspecified atom stereocenters. The van der Waals surface area contributed by atoms with E-state index in [1.807, 2.05) is 30.5 Å². The third kappa shape index (κ3) is 2.18. The van der Waals surface area contributed by atoms with Gasteiger partial charge in [0.25, 0.3) is 0 Å². The highest BCUT2D eigenvalue weighted by Gasteiger charge is 2.12. The first kappa shape index (κ1) is 11.8. The third-order valence-corrected chi connectivity index (χ3v) is 3.33. The molecule has 0 radical (unpaired) electrons. The van der Waals surface area contributed by atoms with Gasteiger partial charge in [-0.3, -0.25) is 4.68 Å². The molecule has 0 spiro atoms. The molecule has 21 heavy (non-hydrogen) atoms. The van der Waals surface area contributed by atoms with Crippen molar-refractivity contribution in [3.05, 3.63) is 49.0 Å². The monoisotopic (exact) mass is 280 g/mol. The van der Waals surface area contributed by atoms with Gasteiger partial charge in [-0.25, -0.2) is 4.98 Å². The predicted molar refractivity (Wildman–Crippen MR) is 75.3 cm³/mol. The normalized spacial score (nSPS) is 11.2. The smallest absolute Gasteiger partial charge is 0.228 e. The van der Waals surface area contributed by atoms with Crippen LogP contribution < -0.4 is 0 Å². The number of hydrogen-bond donors (Lipinski definition) is 1. The zero-order valence-corrected chi connectivity index (χ0v) is 11.1. The van der Waals surface area contributed by atoms with Crippen molar-refractivity contribution in [3.63, 3.8) is 0 Å². The molecule has 0 aliphatic heterocycles. The number of fused-ring (bicyclic) bond motifs is 1. The second-order valence-electron chi connectivity index (χ2n) is 4.66. The Labute approximate surface area is 119 Å². The third-order valence-electron chi connectivity index (χ3n) is 3.33. The molecule has 7 heteroatoms. The van der Waals surface area contributed by atoms with Crippen LogP contribution >= 0.6 is 0 Å². The van der Waals surface area contributed by atoms with Gasteiger partial charge in [-0.2, -0.15) is 10.1 Å². The van der Waals surface area contributed by atoms with Gasteiger partial charge in [-0.05, 0) is 12.1 Å². The molecule has 1 aromatic carbocycles. The van der Waals surface area contributed by atoms with E-state index in [1.54, 1.807) is 11.0 Å². The largest absolute Gasteiger partial charge is 0.361 e. The van der Waals surface area contributed by atoms with Crippen molar-refractivity contribution in [1.82, 2.24) is 29.9 Å². The lowest BCUT2D eigenvalue weighted by Crippen LogP contribution is -2.01. The van der Waals surface area contributed by atoms with Crippen molar-refractivity contribution >= 4 is 10.9 Å². The van der Waals surface area contributed by atoms with Crippen LogP contribution in [-0.2, 0) is 13.0 Å². The summed E-state index contributed by atoms with van der Waals surface area (Å²) in [7, 11) is 0. The van der Waals surface area contributed by atoms with Crippen LogP contribution in [0.5, 0.6) is 0 Å². The number of aromatic nitrogens is 6. The van der Waals surface area contributed by atoms with Crippen LogP contribution in [0.2, 0.25) is 0 Å². The van der Waals surface area contributed by atoms with Crippen LogP contribution in [0.15, 0.2) is 47.6 Å². The SMILES string of the molecule is c1cc(-c2noc(CCn3cncn3)n2)c2cc[nH]c2c1. The highest BCUT2D eigenvalue weighted by Crippen LogP contribution is 2.25. The molecule has 3 aromatic heterocycles. The van der Waals surface area contributed by atoms with Gasteiger partial charge in [0.2, 0.25) is 11.7 Å². The average Bonchev–Trinajstić information content (AvgIpc) is 3.25. The highest BCUT2D eigenvalue weighted by atomic mass is 16.5. The fourth-order valence-electron chi connectivity index (χ4n) is 2.30. The predicted octanol–water partition coefficient (Wildman–Crippen LogP) is 2.05. The molecule has 4 aromatic rings. The molecule has 7 nitrogen and oxygen atoms in total.